The number of hydrogen-bond donors (Lipinski definition) is 2. The second kappa shape index (κ2) is 6.00. The SMILES string of the molecule is CCOc1ccc(S(=O)(=O)NC)cc1CNC. The topological polar surface area (TPSA) is 67.4 Å². The Balaban J connectivity index is 3.18. The summed E-state index contributed by atoms with van der Waals surface area (Å²) in [5, 5.41) is 2.98. The summed E-state index contributed by atoms with van der Waals surface area (Å²) in [6.45, 7) is 3.00. The first-order chi connectivity index (χ1) is 8.05. The van der Waals surface area contributed by atoms with Gasteiger partial charge in [-0.05, 0) is 39.2 Å². The van der Waals surface area contributed by atoms with Gasteiger partial charge in [0.25, 0.3) is 0 Å². The molecule has 0 aliphatic heterocycles. The molecule has 1 aromatic rings. The zero-order valence-corrected chi connectivity index (χ0v) is 11.1. The summed E-state index contributed by atoms with van der Waals surface area (Å²) < 4.78 is 31.0. The molecule has 1 aromatic carbocycles. The molecular weight excluding hydrogens is 240 g/mol. The van der Waals surface area contributed by atoms with E-state index in [0.717, 1.165) is 5.56 Å². The number of nitrogens with one attached hydrogen (secondary N) is 2. The maximum absolute atomic E-state index is 11.7. The molecule has 0 spiro atoms. The summed E-state index contributed by atoms with van der Waals surface area (Å²) in [6, 6.07) is 4.84. The van der Waals surface area contributed by atoms with Gasteiger partial charge in [0.1, 0.15) is 5.75 Å². The molecular formula is C11H18N2O3S. The van der Waals surface area contributed by atoms with Crippen LogP contribution >= 0.6 is 0 Å². The summed E-state index contributed by atoms with van der Waals surface area (Å²) in [6.07, 6.45) is 0. The van der Waals surface area contributed by atoms with Crippen molar-refractivity contribution < 1.29 is 13.2 Å². The van der Waals surface area contributed by atoms with Gasteiger partial charge in [0, 0.05) is 12.1 Å². The summed E-state index contributed by atoms with van der Waals surface area (Å²) in [4.78, 5) is 0.244. The van der Waals surface area contributed by atoms with Crippen LogP contribution in [-0.4, -0.2) is 29.1 Å². The van der Waals surface area contributed by atoms with Gasteiger partial charge < -0.3 is 10.1 Å². The summed E-state index contributed by atoms with van der Waals surface area (Å²) in [5.74, 6) is 0.705. The van der Waals surface area contributed by atoms with Crippen LogP contribution in [0.3, 0.4) is 0 Å². The van der Waals surface area contributed by atoms with E-state index in [9.17, 15) is 8.42 Å². The minimum absolute atomic E-state index is 0.244. The van der Waals surface area contributed by atoms with E-state index in [1.165, 1.54) is 13.1 Å². The molecule has 17 heavy (non-hydrogen) atoms. The van der Waals surface area contributed by atoms with Gasteiger partial charge in [-0.3, -0.25) is 0 Å². The molecule has 2 N–H and O–H groups in total. The standard InChI is InChI=1S/C11H18N2O3S/c1-4-16-11-6-5-10(17(14,15)13-3)7-9(11)8-12-2/h5-7,12-13H,4,8H2,1-3H3. The predicted molar refractivity (Wildman–Crippen MR) is 66.6 cm³/mol. The molecule has 0 heterocycles. The van der Waals surface area contributed by atoms with Crippen molar-refractivity contribution in [2.45, 2.75) is 18.4 Å². The molecule has 0 saturated carbocycles. The fraction of sp³-hybridized carbons (Fsp3) is 0.455. The van der Waals surface area contributed by atoms with Crippen LogP contribution in [-0.2, 0) is 16.6 Å². The Labute approximate surface area is 102 Å². The molecule has 0 atom stereocenters. The summed E-state index contributed by atoms with van der Waals surface area (Å²) >= 11 is 0. The second-order valence-electron chi connectivity index (χ2n) is 3.44. The van der Waals surface area contributed by atoms with Crippen molar-refractivity contribution in [1.29, 1.82) is 0 Å². The van der Waals surface area contributed by atoms with Crippen molar-refractivity contribution in [3.05, 3.63) is 23.8 Å². The van der Waals surface area contributed by atoms with Crippen molar-refractivity contribution >= 4 is 10.0 Å². The van der Waals surface area contributed by atoms with Crippen LogP contribution in [0.15, 0.2) is 23.1 Å². The molecule has 0 aromatic heterocycles. The van der Waals surface area contributed by atoms with Crippen molar-refractivity contribution in [3.8, 4) is 5.75 Å². The fourth-order valence-electron chi connectivity index (χ4n) is 1.47. The Kier molecular flexibility index (Phi) is 4.92. The van der Waals surface area contributed by atoms with Crippen LogP contribution in [0.1, 0.15) is 12.5 Å². The van der Waals surface area contributed by atoms with Gasteiger partial charge in [-0.15, -0.1) is 0 Å². The zero-order chi connectivity index (χ0) is 12.9. The first-order valence-corrected chi connectivity index (χ1v) is 6.87. The van der Waals surface area contributed by atoms with Crippen LogP contribution in [0.25, 0.3) is 0 Å². The number of ether oxygens (including phenoxy) is 1. The van der Waals surface area contributed by atoms with Gasteiger partial charge >= 0.3 is 0 Å². The Morgan fingerprint density at radius 3 is 2.53 bits per heavy atom. The molecule has 1 rings (SSSR count). The largest absolute Gasteiger partial charge is 0.494 e. The highest BCUT2D eigenvalue weighted by molar-refractivity contribution is 7.89. The highest BCUT2D eigenvalue weighted by Gasteiger charge is 2.14. The average molecular weight is 258 g/mol. The van der Waals surface area contributed by atoms with Crippen molar-refractivity contribution in [2.24, 2.45) is 0 Å². The van der Waals surface area contributed by atoms with Crippen LogP contribution < -0.4 is 14.8 Å². The molecule has 5 nitrogen and oxygen atoms in total. The lowest BCUT2D eigenvalue weighted by molar-refractivity contribution is 0.335. The Morgan fingerprint density at radius 1 is 1.29 bits per heavy atom. The van der Waals surface area contributed by atoms with E-state index in [2.05, 4.69) is 10.0 Å². The van der Waals surface area contributed by atoms with Crippen molar-refractivity contribution in [1.82, 2.24) is 10.0 Å². The number of benzene rings is 1. The Morgan fingerprint density at radius 2 is 2.00 bits per heavy atom. The van der Waals surface area contributed by atoms with E-state index in [1.54, 1.807) is 19.2 Å². The number of sulfonamides is 1. The monoisotopic (exact) mass is 258 g/mol. The molecule has 96 valence electrons. The van der Waals surface area contributed by atoms with E-state index in [0.29, 0.717) is 18.9 Å². The molecule has 0 unspecified atom stereocenters. The van der Waals surface area contributed by atoms with Crippen LogP contribution in [0.5, 0.6) is 5.75 Å². The Hall–Kier alpha value is -1.11. The molecule has 0 aliphatic carbocycles. The van der Waals surface area contributed by atoms with Crippen LogP contribution in [0.2, 0.25) is 0 Å². The molecule has 0 radical (unpaired) electrons. The lowest BCUT2D eigenvalue weighted by atomic mass is 10.2. The molecule has 0 aliphatic rings. The molecule has 6 heteroatoms. The average Bonchev–Trinajstić information content (AvgIpc) is 2.32. The third-order valence-electron chi connectivity index (χ3n) is 2.28. The highest BCUT2D eigenvalue weighted by Crippen LogP contribution is 2.22. The number of rotatable bonds is 6. The van der Waals surface area contributed by atoms with Gasteiger partial charge in [-0.25, -0.2) is 13.1 Å². The van der Waals surface area contributed by atoms with Crippen molar-refractivity contribution in [2.75, 3.05) is 20.7 Å². The minimum Gasteiger partial charge on any atom is -0.494 e. The highest BCUT2D eigenvalue weighted by atomic mass is 32.2. The van der Waals surface area contributed by atoms with Crippen LogP contribution in [0.4, 0.5) is 0 Å². The van der Waals surface area contributed by atoms with Crippen LogP contribution in [0, 0.1) is 0 Å². The first kappa shape index (κ1) is 14.0. The summed E-state index contributed by atoms with van der Waals surface area (Å²) in [7, 11) is -0.211. The Bertz CT molecular complexity index is 472. The van der Waals surface area contributed by atoms with E-state index >= 15 is 0 Å². The predicted octanol–water partition coefficient (Wildman–Crippen LogP) is 0.713. The molecule has 0 amide bonds. The third-order valence-corrected chi connectivity index (χ3v) is 3.69. The normalized spacial score (nSPS) is 11.5. The van der Waals surface area contributed by atoms with Gasteiger partial charge in [0.2, 0.25) is 10.0 Å². The van der Waals surface area contributed by atoms with Crippen molar-refractivity contribution in [3.63, 3.8) is 0 Å². The molecule has 0 saturated heterocycles. The lowest BCUT2D eigenvalue weighted by Crippen LogP contribution is -2.19. The first-order valence-electron chi connectivity index (χ1n) is 5.39. The number of hydrogen-bond acceptors (Lipinski definition) is 4. The van der Waals surface area contributed by atoms with Gasteiger partial charge in [-0.2, -0.15) is 0 Å². The zero-order valence-electron chi connectivity index (χ0n) is 10.3. The smallest absolute Gasteiger partial charge is 0.240 e. The minimum atomic E-state index is -3.40. The van der Waals surface area contributed by atoms with Gasteiger partial charge in [0.15, 0.2) is 0 Å². The van der Waals surface area contributed by atoms with E-state index in [1.807, 2.05) is 6.92 Å². The van der Waals surface area contributed by atoms with Gasteiger partial charge in [0.05, 0.1) is 11.5 Å². The second-order valence-corrected chi connectivity index (χ2v) is 5.33. The van der Waals surface area contributed by atoms with Gasteiger partial charge in [-0.1, -0.05) is 0 Å². The van der Waals surface area contributed by atoms with E-state index in [4.69, 9.17) is 4.74 Å². The summed E-state index contributed by atoms with van der Waals surface area (Å²) in [5.41, 5.74) is 0.825. The van der Waals surface area contributed by atoms with E-state index in [-0.39, 0.29) is 4.90 Å². The third kappa shape index (κ3) is 3.42. The van der Waals surface area contributed by atoms with E-state index < -0.39 is 10.0 Å². The fourth-order valence-corrected chi connectivity index (χ4v) is 2.25. The maximum atomic E-state index is 11.7. The quantitative estimate of drug-likeness (QED) is 0.788. The lowest BCUT2D eigenvalue weighted by Gasteiger charge is -2.11. The molecule has 0 fully saturated rings. The molecule has 0 bridgehead atoms. The maximum Gasteiger partial charge on any atom is 0.240 e.